The number of hydrogen-bond acceptors (Lipinski definition) is 1. The van der Waals surface area contributed by atoms with Crippen LogP contribution < -0.4 is 0 Å². The lowest BCUT2D eigenvalue weighted by Gasteiger charge is -2.08. The van der Waals surface area contributed by atoms with Crippen molar-refractivity contribution in [3.05, 3.63) is 35.9 Å². The molecule has 0 saturated carbocycles. The van der Waals surface area contributed by atoms with Crippen molar-refractivity contribution < 1.29 is 4.79 Å². The second-order valence-corrected chi connectivity index (χ2v) is 3.82. The maximum Gasteiger partial charge on any atom is 0.140 e. The molecule has 0 aliphatic carbocycles. The van der Waals surface area contributed by atoms with Gasteiger partial charge in [0.05, 0.1) is 0 Å². The first-order valence-electron chi connectivity index (χ1n) is 5.30. The molecule has 1 heteroatoms. The van der Waals surface area contributed by atoms with E-state index < -0.39 is 0 Å². The molecule has 0 fully saturated rings. The van der Waals surface area contributed by atoms with Crippen LogP contribution in [0.15, 0.2) is 30.3 Å². The maximum absolute atomic E-state index is 11.7. The third-order valence-corrected chi connectivity index (χ3v) is 2.49. The lowest BCUT2D eigenvalue weighted by Crippen LogP contribution is -2.13. The molecular formula is C13H18O. The first kappa shape index (κ1) is 11.0. The molecule has 0 N–H and O–H groups in total. The van der Waals surface area contributed by atoms with E-state index in [0.717, 1.165) is 18.4 Å². The summed E-state index contributed by atoms with van der Waals surface area (Å²) < 4.78 is 0. The predicted octanol–water partition coefficient (Wildman–Crippen LogP) is 3.23. The van der Waals surface area contributed by atoms with Crippen LogP contribution in [0.1, 0.15) is 32.3 Å². The van der Waals surface area contributed by atoms with E-state index in [1.165, 1.54) is 0 Å². The van der Waals surface area contributed by atoms with Gasteiger partial charge in [-0.1, -0.05) is 50.6 Å². The summed E-state index contributed by atoms with van der Waals surface area (Å²) in [5.74, 6) is 0.568. The normalized spacial score (nSPS) is 12.4. The molecule has 1 nitrogen and oxygen atoms in total. The predicted molar refractivity (Wildman–Crippen MR) is 59.2 cm³/mol. The molecule has 0 radical (unpaired) electrons. The molecule has 1 atom stereocenters. The quantitative estimate of drug-likeness (QED) is 0.696. The van der Waals surface area contributed by atoms with Gasteiger partial charge in [-0.25, -0.2) is 0 Å². The molecule has 76 valence electrons. The van der Waals surface area contributed by atoms with E-state index in [1.54, 1.807) is 0 Å². The van der Waals surface area contributed by atoms with Gasteiger partial charge in [0.25, 0.3) is 0 Å². The summed E-state index contributed by atoms with van der Waals surface area (Å²) in [6.45, 7) is 4.14. The van der Waals surface area contributed by atoms with Crippen molar-refractivity contribution in [2.45, 2.75) is 33.1 Å². The fraction of sp³-hybridized carbons (Fsp3) is 0.462. The lowest BCUT2D eigenvalue weighted by atomic mass is 9.96. The Bertz CT molecular complexity index is 277. The molecule has 0 aliphatic rings. The standard InChI is InChI=1S/C13H18O/c1-3-7-11(2)13(14)10-12-8-5-4-6-9-12/h4-6,8-9,11H,3,7,10H2,1-2H3/t11-/m0/s1. The Morgan fingerprint density at radius 2 is 1.93 bits per heavy atom. The fourth-order valence-electron chi connectivity index (χ4n) is 1.57. The zero-order valence-corrected chi connectivity index (χ0v) is 8.99. The van der Waals surface area contributed by atoms with Crippen LogP contribution in [-0.4, -0.2) is 5.78 Å². The van der Waals surface area contributed by atoms with Crippen molar-refractivity contribution >= 4 is 5.78 Å². The number of rotatable bonds is 5. The van der Waals surface area contributed by atoms with E-state index in [9.17, 15) is 4.79 Å². The van der Waals surface area contributed by atoms with Crippen molar-refractivity contribution in [3.63, 3.8) is 0 Å². The molecule has 0 bridgehead atoms. The number of benzene rings is 1. The number of ketones is 1. The van der Waals surface area contributed by atoms with Gasteiger partial charge in [-0.05, 0) is 12.0 Å². The van der Waals surface area contributed by atoms with Crippen LogP contribution >= 0.6 is 0 Å². The molecule has 0 saturated heterocycles. The summed E-state index contributed by atoms with van der Waals surface area (Å²) in [5.41, 5.74) is 1.13. The summed E-state index contributed by atoms with van der Waals surface area (Å²) in [6, 6.07) is 9.96. The molecular weight excluding hydrogens is 172 g/mol. The molecule has 0 unspecified atom stereocenters. The largest absolute Gasteiger partial charge is 0.299 e. The minimum absolute atomic E-state index is 0.209. The molecule has 0 heterocycles. The van der Waals surface area contributed by atoms with E-state index in [-0.39, 0.29) is 5.92 Å². The van der Waals surface area contributed by atoms with Crippen molar-refractivity contribution in [1.29, 1.82) is 0 Å². The Balaban J connectivity index is 2.49. The van der Waals surface area contributed by atoms with Crippen molar-refractivity contribution in [3.8, 4) is 0 Å². The Hall–Kier alpha value is -1.11. The summed E-state index contributed by atoms with van der Waals surface area (Å²) in [5, 5.41) is 0. The van der Waals surface area contributed by atoms with Gasteiger partial charge in [0.1, 0.15) is 5.78 Å². The van der Waals surface area contributed by atoms with E-state index in [4.69, 9.17) is 0 Å². The van der Waals surface area contributed by atoms with Gasteiger partial charge in [-0.15, -0.1) is 0 Å². The van der Waals surface area contributed by atoms with Crippen LogP contribution in [0.4, 0.5) is 0 Å². The summed E-state index contributed by atoms with van der Waals surface area (Å²) in [4.78, 5) is 11.7. The Morgan fingerprint density at radius 3 is 2.50 bits per heavy atom. The molecule has 0 aromatic heterocycles. The molecule has 0 aliphatic heterocycles. The SMILES string of the molecule is CCC[C@H](C)C(=O)Cc1ccccc1. The highest BCUT2D eigenvalue weighted by molar-refractivity contribution is 5.82. The molecule has 1 aromatic carbocycles. The van der Waals surface area contributed by atoms with Gasteiger partial charge in [0, 0.05) is 12.3 Å². The van der Waals surface area contributed by atoms with E-state index in [2.05, 4.69) is 6.92 Å². The monoisotopic (exact) mass is 190 g/mol. The average Bonchev–Trinajstić information content (AvgIpc) is 2.19. The molecule has 1 aromatic rings. The third kappa shape index (κ3) is 3.33. The van der Waals surface area contributed by atoms with Crippen LogP contribution in [0.2, 0.25) is 0 Å². The first-order valence-corrected chi connectivity index (χ1v) is 5.30. The van der Waals surface area contributed by atoms with Crippen LogP contribution in [0, 0.1) is 5.92 Å². The number of Topliss-reactive ketones (excluding diaryl/α,β-unsaturated/α-hetero) is 1. The second kappa shape index (κ2) is 5.58. The lowest BCUT2D eigenvalue weighted by molar-refractivity contribution is -0.121. The molecule has 1 rings (SSSR count). The highest BCUT2D eigenvalue weighted by Crippen LogP contribution is 2.10. The van der Waals surface area contributed by atoms with Gasteiger partial charge in [-0.2, -0.15) is 0 Å². The third-order valence-electron chi connectivity index (χ3n) is 2.49. The molecule has 0 spiro atoms. The number of hydrogen-bond donors (Lipinski definition) is 0. The number of carbonyl (C=O) groups is 1. The van der Waals surface area contributed by atoms with Crippen molar-refractivity contribution in [1.82, 2.24) is 0 Å². The zero-order chi connectivity index (χ0) is 10.4. The smallest absolute Gasteiger partial charge is 0.140 e. The summed E-state index contributed by atoms with van der Waals surface area (Å²) in [7, 11) is 0. The maximum atomic E-state index is 11.7. The van der Waals surface area contributed by atoms with Gasteiger partial charge in [-0.3, -0.25) is 4.79 Å². The highest BCUT2D eigenvalue weighted by atomic mass is 16.1. The number of carbonyl (C=O) groups excluding carboxylic acids is 1. The minimum Gasteiger partial charge on any atom is -0.299 e. The Kier molecular flexibility index (Phi) is 4.37. The van der Waals surface area contributed by atoms with Crippen LogP contribution in [-0.2, 0) is 11.2 Å². The van der Waals surface area contributed by atoms with Gasteiger partial charge in [0.15, 0.2) is 0 Å². The summed E-state index contributed by atoms with van der Waals surface area (Å²) in [6.07, 6.45) is 2.68. The van der Waals surface area contributed by atoms with Gasteiger partial charge >= 0.3 is 0 Å². The Morgan fingerprint density at radius 1 is 1.29 bits per heavy atom. The highest BCUT2D eigenvalue weighted by Gasteiger charge is 2.11. The van der Waals surface area contributed by atoms with Crippen molar-refractivity contribution in [2.75, 3.05) is 0 Å². The molecule has 0 amide bonds. The summed E-state index contributed by atoms with van der Waals surface area (Å²) >= 11 is 0. The molecule has 14 heavy (non-hydrogen) atoms. The van der Waals surface area contributed by atoms with E-state index >= 15 is 0 Å². The van der Waals surface area contributed by atoms with E-state index in [1.807, 2.05) is 37.3 Å². The van der Waals surface area contributed by atoms with Gasteiger partial charge < -0.3 is 0 Å². The topological polar surface area (TPSA) is 17.1 Å². The second-order valence-electron chi connectivity index (χ2n) is 3.82. The Labute approximate surface area is 86.1 Å². The van der Waals surface area contributed by atoms with E-state index in [0.29, 0.717) is 12.2 Å². The zero-order valence-electron chi connectivity index (χ0n) is 8.99. The van der Waals surface area contributed by atoms with Crippen LogP contribution in [0.3, 0.4) is 0 Å². The first-order chi connectivity index (χ1) is 6.74. The fourth-order valence-corrected chi connectivity index (χ4v) is 1.57. The van der Waals surface area contributed by atoms with Crippen molar-refractivity contribution in [2.24, 2.45) is 5.92 Å². The van der Waals surface area contributed by atoms with Crippen LogP contribution in [0.25, 0.3) is 0 Å². The van der Waals surface area contributed by atoms with Crippen LogP contribution in [0.5, 0.6) is 0 Å². The van der Waals surface area contributed by atoms with Gasteiger partial charge in [0.2, 0.25) is 0 Å². The average molecular weight is 190 g/mol. The minimum atomic E-state index is 0.209.